The Bertz CT molecular complexity index is 1350. The first-order valence-electron chi connectivity index (χ1n) is 12.0. The fourth-order valence-electron chi connectivity index (χ4n) is 5.16. The number of amides is 1. The van der Waals surface area contributed by atoms with E-state index in [1.54, 1.807) is 12.1 Å². The predicted molar refractivity (Wildman–Crippen MR) is 140 cm³/mol. The molecule has 0 aliphatic carbocycles. The molecule has 3 aromatic rings. The van der Waals surface area contributed by atoms with Crippen molar-refractivity contribution >= 4 is 45.7 Å². The maximum absolute atomic E-state index is 12.9. The Morgan fingerprint density at radius 2 is 2.09 bits per heavy atom. The fraction of sp³-hybridized carbons (Fsp3) is 0.370. The van der Waals surface area contributed by atoms with E-state index >= 15 is 0 Å². The Hall–Kier alpha value is -2.85. The Kier molecular flexibility index (Phi) is 6.84. The predicted octanol–water partition coefficient (Wildman–Crippen LogP) is 5.58. The molecule has 1 saturated heterocycles. The average Bonchev–Trinajstić information content (AvgIpc) is 3.26. The molecule has 8 heteroatoms. The zero-order chi connectivity index (χ0) is 24.5. The lowest BCUT2D eigenvalue weighted by molar-refractivity contribution is -0.133. The summed E-state index contributed by atoms with van der Waals surface area (Å²) in [5.74, 6) is 0.547. The molecule has 2 aliphatic heterocycles. The summed E-state index contributed by atoms with van der Waals surface area (Å²) < 4.78 is 1.93. The van der Waals surface area contributed by atoms with Gasteiger partial charge in [-0.1, -0.05) is 47.8 Å². The maximum atomic E-state index is 12.9. The highest BCUT2D eigenvalue weighted by molar-refractivity contribution is 6.35. The molecule has 180 valence electrons. The standard InChI is InChI=1S/C27H27Cl2N5O/c1-17(21-7-6-20(28)15-22(21)29)34-25-14-19(5-8-23(25)32-26(34)16-30)18-9-12-33(13-10-18)27(35)24-4-2-3-11-31-24/h5-9,14-15,17,24,31H,2-4,10-13H2,1H3/t17-,24-/m1/s1. The Morgan fingerprint density at radius 1 is 1.23 bits per heavy atom. The van der Waals surface area contributed by atoms with Gasteiger partial charge in [-0.2, -0.15) is 5.26 Å². The second kappa shape index (κ2) is 10.0. The molecule has 1 amide bonds. The van der Waals surface area contributed by atoms with E-state index in [4.69, 9.17) is 23.2 Å². The number of piperidine rings is 1. The van der Waals surface area contributed by atoms with Gasteiger partial charge >= 0.3 is 0 Å². The van der Waals surface area contributed by atoms with Gasteiger partial charge in [-0.3, -0.25) is 4.79 Å². The SMILES string of the molecule is C[C@H](c1ccc(Cl)cc1Cl)n1c(C#N)nc2ccc(C3=CCN(C(=O)[C@H]4CCCCN4)CC3)cc21. The molecule has 6 nitrogen and oxygen atoms in total. The van der Waals surface area contributed by atoms with Crippen molar-refractivity contribution < 1.29 is 4.79 Å². The summed E-state index contributed by atoms with van der Waals surface area (Å²) in [7, 11) is 0. The third-order valence-electron chi connectivity index (χ3n) is 7.09. The van der Waals surface area contributed by atoms with Gasteiger partial charge in [-0.25, -0.2) is 4.98 Å². The molecule has 2 aliphatic rings. The zero-order valence-electron chi connectivity index (χ0n) is 19.6. The number of imidazole rings is 1. The molecule has 0 saturated carbocycles. The highest BCUT2D eigenvalue weighted by Crippen LogP contribution is 2.33. The van der Waals surface area contributed by atoms with Crippen LogP contribution in [0.5, 0.6) is 0 Å². The molecule has 1 aromatic heterocycles. The van der Waals surface area contributed by atoms with Crippen molar-refractivity contribution in [2.75, 3.05) is 19.6 Å². The van der Waals surface area contributed by atoms with Crippen LogP contribution in [-0.2, 0) is 4.79 Å². The summed E-state index contributed by atoms with van der Waals surface area (Å²) >= 11 is 12.6. The van der Waals surface area contributed by atoms with Crippen LogP contribution in [0.25, 0.3) is 16.6 Å². The van der Waals surface area contributed by atoms with E-state index in [1.165, 1.54) is 5.57 Å². The number of nitriles is 1. The summed E-state index contributed by atoms with van der Waals surface area (Å²) in [4.78, 5) is 19.4. The number of rotatable bonds is 4. The topological polar surface area (TPSA) is 74.0 Å². The van der Waals surface area contributed by atoms with E-state index in [0.29, 0.717) is 29.0 Å². The molecule has 0 bridgehead atoms. The summed E-state index contributed by atoms with van der Waals surface area (Å²) in [6.45, 7) is 4.25. The molecule has 2 aromatic carbocycles. The van der Waals surface area contributed by atoms with E-state index in [0.717, 1.165) is 54.4 Å². The van der Waals surface area contributed by atoms with Crippen molar-refractivity contribution in [3.8, 4) is 6.07 Å². The quantitative estimate of drug-likeness (QED) is 0.499. The molecule has 2 atom stereocenters. The van der Waals surface area contributed by atoms with Gasteiger partial charge in [0.15, 0.2) is 0 Å². The van der Waals surface area contributed by atoms with Crippen LogP contribution in [-0.4, -0.2) is 46.0 Å². The third-order valence-corrected chi connectivity index (χ3v) is 7.65. The summed E-state index contributed by atoms with van der Waals surface area (Å²) in [5.41, 5.74) is 4.80. The first-order valence-corrected chi connectivity index (χ1v) is 12.8. The fourth-order valence-corrected chi connectivity index (χ4v) is 5.72. The number of hydrogen-bond acceptors (Lipinski definition) is 4. The van der Waals surface area contributed by atoms with E-state index in [9.17, 15) is 10.1 Å². The van der Waals surface area contributed by atoms with Gasteiger partial charge in [0.2, 0.25) is 11.7 Å². The van der Waals surface area contributed by atoms with Crippen molar-refractivity contribution in [1.29, 1.82) is 5.26 Å². The van der Waals surface area contributed by atoms with Crippen molar-refractivity contribution in [3.05, 3.63) is 69.5 Å². The number of fused-ring (bicyclic) bond motifs is 1. The van der Waals surface area contributed by atoms with Gasteiger partial charge in [0.1, 0.15) is 6.07 Å². The Labute approximate surface area is 215 Å². The van der Waals surface area contributed by atoms with Crippen LogP contribution in [0, 0.1) is 11.3 Å². The molecule has 1 N–H and O–H groups in total. The molecule has 5 rings (SSSR count). The Morgan fingerprint density at radius 3 is 2.77 bits per heavy atom. The van der Waals surface area contributed by atoms with Crippen molar-refractivity contribution in [2.45, 2.75) is 44.7 Å². The smallest absolute Gasteiger partial charge is 0.239 e. The minimum atomic E-state index is -0.203. The number of nitrogens with one attached hydrogen (secondary N) is 1. The molecule has 35 heavy (non-hydrogen) atoms. The lowest BCUT2D eigenvalue weighted by Crippen LogP contribution is -2.49. The Balaban J connectivity index is 1.44. The van der Waals surface area contributed by atoms with Crippen LogP contribution in [0.2, 0.25) is 10.0 Å². The maximum Gasteiger partial charge on any atom is 0.239 e. The number of carbonyl (C=O) groups excluding carboxylic acids is 1. The van der Waals surface area contributed by atoms with Crippen molar-refractivity contribution in [1.82, 2.24) is 19.8 Å². The summed E-state index contributed by atoms with van der Waals surface area (Å²) in [5, 5.41) is 14.3. The van der Waals surface area contributed by atoms with E-state index < -0.39 is 0 Å². The second-order valence-electron chi connectivity index (χ2n) is 9.23. The van der Waals surface area contributed by atoms with Crippen LogP contribution in [0.1, 0.15) is 55.6 Å². The summed E-state index contributed by atoms with van der Waals surface area (Å²) in [6.07, 6.45) is 6.11. The molecular weight excluding hydrogens is 481 g/mol. The van der Waals surface area contributed by atoms with Gasteiger partial charge in [-0.05, 0) is 73.7 Å². The molecule has 0 unspecified atom stereocenters. The van der Waals surface area contributed by atoms with E-state index in [2.05, 4.69) is 28.5 Å². The second-order valence-corrected chi connectivity index (χ2v) is 10.1. The number of halogens is 2. The highest BCUT2D eigenvalue weighted by Gasteiger charge is 2.27. The van der Waals surface area contributed by atoms with Gasteiger partial charge in [0.05, 0.1) is 23.1 Å². The minimum absolute atomic E-state index is 0.0463. The largest absolute Gasteiger partial charge is 0.337 e. The molecule has 1 fully saturated rings. The zero-order valence-corrected chi connectivity index (χ0v) is 21.1. The first kappa shape index (κ1) is 23.9. The van der Waals surface area contributed by atoms with E-state index in [-0.39, 0.29) is 18.0 Å². The lowest BCUT2D eigenvalue weighted by atomic mass is 9.97. The lowest BCUT2D eigenvalue weighted by Gasteiger charge is -2.32. The van der Waals surface area contributed by atoms with Crippen molar-refractivity contribution in [2.24, 2.45) is 0 Å². The molecule has 0 spiro atoms. The van der Waals surface area contributed by atoms with Crippen LogP contribution in [0.3, 0.4) is 0 Å². The highest BCUT2D eigenvalue weighted by atomic mass is 35.5. The van der Waals surface area contributed by atoms with E-state index in [1.807, 2.05) is 34.6 Å². The minimum Gasteiger partial charge on any atom is -0.337 e. The van der Waals surface area contributed by atoms with Gasteiger partial charge < -0.3 is 14.8 Å². The molecule has 0 radical (unpaired) electrons. The molecule has 3 heterocycles. The third kappa shape index (κ3) is 4.69. The van der Waals surface area contributed by atoms with Gasteiger partial charge in [-0.15, -0.1) is 0 Å². The van der Waals surface area contributed by atoms with Crippen LogP contribution in [0.15, 0.2) is 42.5 Å². The van der Waals surface area contributed by atoms with Gasteiger partial charge in [0.25, 0.3) is 0 Å². The van der Waals surface area contributed by atoms with Crippen LogP contribution >= 0.6 is 23.2 Å². The first-order chi connectivity index (χ1) is 17.0. The molecular formula is C27H27Cl2N5O. The number of benzene rings is 2. The van der Waals surface area contributed by atoms with Crippen LogP contribution in [0.4, 0.5) is 0 Å². The average molecular weight is 508 g/mol. The number of hydrogen-bond donors (Lipinski definition) is 1. The normalized spacial score (nSPS) is 19.3. The number of carbonyl (C=O) groups is 1. The monoisotopic (exact) mass is 507 g/mol. The number of nitrogens with zero attached hydrogens (tertiary/aromatic N) is 4. The summed E-state index contributed by atoms with van der Waals surface area (Å²) in [6, 6.07) is 13.5. The van der Waals surface area contributed by atoms with Crippen LogP contribution < -0.4 is 5.32 Å². The van der Waals surface area contributed by atoms with Crippen molar-refractivity contribution in [3.63, 3.8) is 0 Å². The van der Waals surface area contributed by atoms with Gasteiger partial charge in [0, 0.05) is 23.1 Å². The number of aromatic nitrogens is 2.